The van der Waals surface area contributed by atoms with Crippen molar-refractivity contribution in [1.29, 1.82) is 0 Å². The molecule has 0 aliphatic heterocycles. The van der Waals surface area contributed by atoms with Crippen LogP contribution in [-0.4, -0.2) is 23.1 Å². The van der Waals surface area contributed by atoms with E-state index in [9.17, 15) is 9.18 Å². The molecule has 1 heterocycles. The number of hydrogen-bond donors (Lipinski definition) is 1. The number of carboxylic acid groups (broad SMARTS) is 1. The Morgan fingerprint density at radius 3 is 2.55 bits per heavy atom. The maximum atomic E-state index is 13.8. The molecule has 2 rings (SSSR count). The van der Waals surface area contributed by atoms with Crippen molar-refractivity contribution in [3.05, 3.63) is 59.7 Å². The molecule has 1 N–H and O–H groups in total. The standard InChI is InChI=1S/C15H15FN2O2/c1-10(12-5-3-4-6-13(12)16)18(2)11-7-8-14(15(19)20)17-9-11/h3-10H,1-2H3,(H,19,20). The summed E-state index contributed by atoms with van der Waals surface area (Å²) in [5.41, 5.74) is 1.30. The van der Waals surface area contributed by atoms with Crippen molar-refractivity contribution in [2.24, 2.45) is 0 Å². The average Bonchev–Trinajstić information content (AvgIpc) is 2.46. The van der Waals surface area contributed by atoms with E-state index < -0.39 is 5.97 Å². The number of benzene rings is 1. The molecule has 4 nitrogen and oxygen atoms in total. The Kier molecular flexibility index (Phi) is 3.98. The van der Waals surface area contributed by atoms with Crippen LogP contribution in [0.4, 0.5) is 10.1 Å². The molecule has 0 fully saturated rings. The minimum Gasteiger partial charge on any atom is -0.477 e. The highest BCUT2D eigenvalue weighted by atomic mass is 19.1. The van der Waals surface area contributed by atoms with Crippen LogP contribution in [0, 0.1) is 5.82 Å². The number of aromatic nitrogens is 1. The molecule has 0 bridgehead atoms. The number of carbonyl (C=O) groups is 1. The number of rotatable bonds is 4. The van der Waals surface area contributed by atoms with Gasteiger partial charge in [-0.3, -0.25) is 0 Å². The van der Waals surface area contributed by atoms with Gasteiger partial charge in [-0.25, -0.2) is 14.2 Å². The average molecular weight is 274 g/mol. The zero-order chi connectivity index (χ0) is 14.7. The van der Waals surface area contributed by atoms with Crippen molar-refractivity contribution in [2.75, 3.05) is 11.9 Å². The van der Waals surface area contributed by atoms with Crippen LogP contribution in [-0.2, 0) is 0 Å². The second kappa shape index (κ2) is 5.69. The Labute approximate surface area is 116 Å². The van der Waals surface area contributed by atoms with Gasteiger partial charge in [-0.15, -0.1) is 0 Å². The Morgan fingerprint density at radius 1 is 1.30 bits per heavy atom. The van der Waals surface area contributed by atoms with E-state index in [4.69, 9.17) is 5.11 Å². The van der Waals surface area contributed by atoms with Crippen molar-refractivity contribution < 1.29 is 14.3 Å². The summed E-state index contributed by atoms with van der Waals surface area (Å²) in [5, 5.41) is 8.81. The third-order valence-corrected chi connectivity index (χ3v) is 3.31. The van der Waals surface area contributed by atoms with Crippen LogP contribution in [0.15, 0.2) is 42.6 Å². The molecule has 104 valence electrons. The molecule has 2 aromatic rings. The smallest absolute Gasteiger partial charge is 0.354 e. The van der Waals surface area contributed by atoms with E-state index >= 15 is 0 Å². The lowest BCUT2D eigenvalue weighted by molar-refractivity contribution is 0.0690. The molecule has 1 aromatic carbocycles. The summed E-state index contributed by atoms with van der Waals surface area (Å²) >= 11 is 0. The molecule has 0 aliphatic rings. The van der Waals surface area contributed by atoms with Crippen molar-refractivity contribution in [2.45, 2.75) is 13.0 Å². The first-order valence-electron chi connectivity index (χ1n) is 6.17. The van der Waals surface area contributed by atoms with Gasteiger partial charge in [-0.2, -0.15) is 0 Å². The van der Waals surface area contributed by atoms with Gasteiger partial charge in [0.05, 0.1) is 17.9 Å². The zero-order valence-corrected chi connectivity index (χ0v) is 11.2. The van der Waals surface area contributed by atoms with Crippen LogP contribution in [0.3, 0.4) is 0 Å². The summed E-state index contributed by atoms with van der Waals surface area (Å²) in [4.78, 5) is 16.5. The Bertz CT molecular complexity index is 614. The molecule has 1 atom stereocenters. The first-order valence-corrected chi connectivity index (χ1v) is 6.17. The first-order chi connectivity index (χ1) is 9.50. The summed E-state index contributed by atoms with van der Waals surface area (Å²) in [6.07, 6.45) is 1.47. The van der Waals surface area contributed by atoms with Gasteiger partial charge >= 0.3 is 5.97 Å². The van der Waals surface area contributed by atoms with E-state index in [0.717, 1.165) is 5.69 Å². The summed E-state index contributed by atoms with van der Waals surface area (Å²) in [6.45, 7) is 1.88. The number of hydrogen-bond acceptors (Lipinski definition) is 3. The van der Waals surface area contributed by atoms with Crippen molar-refractivity contribution in [3.63, 3.8) is 0 Å². The number of nitrogens with zero attached hydrogens (tertiary/aromatic N) is 2. The highest BCUT2D eigenvalue weighted by Crippen LogP contribution is 2.26. The Hall–Kier alpha value is -2.43. The lowest BCUT2D eigenvalue weighted by atomic mass is 10.1. The molecule has 5 heteroatoms. The minimum absolute atomic E-state index is 0.0132. The molecular formula is C15H15FN2O2. The van der Waals surface area contributed by atoms with E-state index in [2.05, 4.69) is 4.98 Å². The molecule has 0 radical (unpaired) electrons. The fourth-order valence-electron chi connectivity index (χ4n) is 1.97. The van der Waals surface area contributed by atoms with Gasteiger partial charge in [-0.05, 0) is 25.1 Å². The van der Waals surface area contributed by atoms with Crippen molar-refractivity contribution >= 4 is 11.7 Å². The molecule has 20 heavy (non-hydrogen) atoms. The van der Waals surface area contributed by atoms with Gasteiger partial charge in [-0.1, -0.05) is 18.2 Å². The summed E-state index contributed by atoms with van der Waals surface area (Å²) < 4.78 is 13.8. The monoisotopic (exact) mass is 274 g/mol. The highest BCUT2D eigenvalue weighted by molar-refractivity contribution is 5.85. The molecule has 0 aliphatic carbocycles. The number of aromatic carboxylic acids is 1. The quantitative estimate of drug-likeness (QED) is 0.930. The van der Waals surface area contributed by atoms with Crippen LogP contribution in [0.2, 0.25) is 0 Å². The largest absolute Gasteiger partial charge is 0.477 e. The normalized spacial score (nSPS) is 11.9. The molecule has 0 spiro atoms. The maximum absolute atomic E-state index is 13.8. The number of halogens is 1. The maximum Gasteiger partial charge on any atom is 0.354 e. The van der Waals surface area contributed by atoms with Crippen LogP contribution < -0.4 is 4.90 Å². The van der Waals surface area contributed by atoms with E-state index in [1.807, 2.05) is 18.9 Å². The summed E-state index contributed by atoms with van der Waals surface area (Å²) in [5.74, 6) is -1.33. The van der Waals surface area contributed by atoms with Gasteiger partial charge < -0.3 is 10.0 Å². The van der Waals surface area contributed by atoms with Crippen LogP contribution in [0.5, 0.6) is 0 Å². The van der Waals surface area contributed by atoms with E-state index in [1.165, 1.54) is 18.3 Å². The predicted octanol–water partition coefficient (Wildman–Crippen LogP) is 3.12. The molecule has 1 aromatic heterocycles. The van der Waals surface area contributed by atoms with Crippen molar-refractivity contribution in [3.8, 4) is 0 Å². The summed E-state index contributed by atoms with van der Waals surface area (Å²) in [7, 11) is 1.81. The number of anilines is 1. The minimum atomic E-state index is -1.07. The van der Waals surface area contributed by atoms with E-state index in [-0.39, 0.29) is 17.6 Å². The first kappa shape index (κ1) is 14.0. The van der Waals surface area contributed by atoms with Gasteiger partial charge in [0.1, 0.15) is 11.5 Å². The summed E-state index contributed by atoms with van der Waals surface area (Å²) in [6, 6.07) is 9.49. The van der Waals surface area contributed by atoms with Crippen LogP contribution >= 0.6 is 0 Å². The lowest BCUT2D eigenvalue weighted by Gasteiger charge is -2.27. The van der Waals surface area contributed by atoms with Gasteiger partial charge in [0.25, 0.3) is 0 Å². The number of carboxylic acids is 1. The van der Waals surface area contributed by atoms with Gasteiger partial charge in [0.15, 0.2) is 0 Å². The third kappa shape index (κ3) is 2.77. The number of pyridine rings is 1. The van der Waals surface area contributed by atoms with Crippen LogP contribution in [0.25, 0.3) is 0 Å². The second-order valence-electron chi connectivity index (χ2n) is 4.52. The third-order valence-electron chi connectivity index (χ3n) is 3.31. The SMILES string of the molecule is CC(c1ccccc1F)N(C)c1ccc(C(=O)O)nc1. The highest BCUT2D eigenvalue weighted by Gasteiger charge is 2.16. The van der Waals surface area contributed by atoms with E-state index in [1.54, 1.807) is 24.3 Å². The predicted molar refractivity (Wildman–Crippen MR) is 74.4 cm³/mol. The van der Waals surface area contributed by atoms with Crippen molar-refractivity contribution in [1.82, 2.24) is 4.98 Å². The Morgan fingerprint density at radius 2 is 2.00 bits per heavy atom. The molecule has 1 unspecified atom stereocenters. The van der Waals surface area contributed by atoms with Gasteiger partial charge in [0, 0.05) is 12.6 Å². The zero-order valence-electron chi connectivity index (χ0n) is 11.2. The van der Waals surface area contributed by atoms with E-state index in [0.29, 0.717) is 5.56 Å². The van der Waals surface area contributed by atoms with Gasteiger partial charge in [0.2, 0.25) is 0 Å². The molecule has 0 saturated heterocycles. The Balaban J connectivity index is 2.24. The van der Waals surface area contributed by atoms with Crippen LogP contribution in [0.1, 0.15) is 29.0 Å². The molecule has 0 saturated carbocycles. The second-order valence-corrected chi connectivity index (χ2v) is 4.52. The fourth-order valence-corrected chi connectivity index (χ4v) is 1.97. The lowest BCUT2D eigenvalue weighted by Crippen LogP contribution is -2.22. The topological polar surface area (TPSA) is 53.4 Å². The molecular weight excluding hydrogens is 259 g/mol. The fraction of sp³-hybridized carbons (Fsp3) is 0.200. The molecule has 0 amide bonds.